The minimum atomic E-state index is 0.569. The van der Waals surface area contributed by atoms with Gasteiger partial charge in [-0.15, -0.1) is 0 Å². The molecule has 184 valence electrons. The van der Waals surface area contributed by atoms with Crippen LogP contribution in [0.1, 0.15) is 137 Å². The van der Waals surface area contributed by atoms with Crippen LogP contribution in [0.15, 0.2) is 24.3 Å². The molecule has 0 amide bonds. The predicted molar refractivity (Wildman–Crippen MR) is 149 cm³/mol. The van der Waals surface area contributed by atoms with Crippen molar-refractivity contribution in [3.05, 3.63) is 68.8 Å². The smallest absolute Gasteiger partial charge is 0.0147 e. The van der Waals surface area contributed by atoms with Gasteiger partial charge in [0.05, 0.1) is 0 Å². The standard InChI is InChI=1S/C33H52/c1-8-14-26-21-29(17-11-4)32(23-28(26)16-10-3)20-25(7)33-24-30(18-12-5)27(15-9-2)22-31(33)19-13-6/h21-25H,8-20H2,1-7H3. The van der Waals surface area contributed by atoms with E-state index in [1.165, 1.54) is 83.5 Å². The Balaban J connectivity index is 2.49. The van der Waals surface area contributed by atoms with Crippen LogP contribution >= 0.6 is 0 Å². The molecular weight excluding hydrogens is 396 g/mol. The average molecular weight is 449 g/mol. The third-order valence-electron chi connectivity index (χ3n) is 7.16. The van der Waals surface area contributed by atoms with Crippen molar-refractivity contribution in [1.82, 2.24) is 0 Å². The van der Waals surface area contributed by atoms with Crippen molar-refractivity contribution in [3.63, 3.8) is 0 Å². The van der Waals surface area contributed by atoms with Gasteiger partial charge in [-0.25, -0.2) is 0 Å². The van der Waals surface area contributed by atoms with E-state index >= 15 is 0 Å². The summed E-state index contributed by atoms with van der Waals surface area (Å²) in [4.78, 5) is 0. The first-order valence-corrected chi connectivity index (χ1v) is 14.3. The zero-order valence-electron chi connectivity index (χ0n) is 23.1. The Labute approximate surface area is 206 Å². The van der Waals surface area contributed by atoms with E-state index < -0.39 is 0 Å². The van der Waals surface area contributed by atoms with Crippen LogP contribution in [0.5, 0.6) is 0 Å². The van der Waals surface area contributed by atoms with E-state index in [1.54, 1.807) is 44.5 Å². The summed E-state index contributed by atoms with van der Waals surface area (Å²) >= 11 is 0. The van der Waals surface area contributed by atoms with E-state index in [4.69, 9.17) is 0 Å². The van der Waals surface area contributed by atoms with Crippen LogP contribution in [0.2, 0.25) is 0 Å². The normalized spacial score (nSPS) is 12.3. The van der Waals surface area contributed by atoms with Crippen molar-refractivity contribution in [3.8, 4) is 0 Å². The highest BCUT2D eigenvalue weighted by molar-refractivity contribution is 5.44. The van der Waals surface area contributed by atoms with Crippen LogP contribution in [-0.4, -0.2) is 0 Å². The SMILES string of the molecule is CCCc1cc(CCC)c(CC(C)c2cc(CCC)c(CCC)cc2CCC)cc1CCC. The highest BCUT2D eigenvalue weighted by Crippen LogP contribution is 2.32. The van der Waals surface area contributed by atoms with Gasteiger partial charge in [0.15, 0.2) is 0 Å². The van der Waals surface area contributed by atoms with Crippen molar-refractivity contribution in [2.24, 2.45) is 0 Å². The summed E-state index contributed by atoms with van der Waals surface area (Å²) in [5.41, 5.74) is 12.9. The predicted octanol–water partition coefficient (Wildman–Crippen LogP) is 9.75. The van der Waals surface area contributed by atoms with Gasteiger partial charge in [0.25, 0.3) is 0 Å². The molecular formula is C33H52. The summed E-state index contributed by atoms with van der Waals surface area (Å²) in [5.74, 6) is 0.569. The Morgan fingerprint density at radius 3 is 1.15 bits per heavy atom. The van der Waals surface area contributed by atoms with Crippen molar-refractivity contribution in [2.45, 2.75) is 138 Å². The number of aryl methyl sites for hydroxylation is 6. The molecule has 0 heteroatoms. The van der Waals surface area contributed by atoms with Crippen molar-refractivity contribution in [2.75, 3.05) is 0 Å². The summed E-state index contributed by atoms with van der Waals surface area (Å²) in [6.45, 7) is 16.4. The molecule has 0 aromatic heterocycles. The number of rotatable bonds is 15. The van der Waals surface area contributed by atoms with Crippen LogP contribution < -0.4 is 0 Å². The van der Waals surface area contributed by atoms with Gasteiger partial charge >= 0.3 is 0 Å². The van der Waals surface area contributed by atoms with Crippen molar-refractivity contribution in [1.29, 1.82) is 0 Å². The fraction of sp³-hybridized carbons (Fsp3) is 0.636. The first kappa shape index (κ1) is 27.7. The third kappa shape index (κ3) is 7.73. The molecule has 0 aliphatic rings. The quantitative estimate of drug-likeness (QED) is 0.254. The van der Waals surface area contributed by atoms with Crippen LogP contribution in [0, 0.1) is 0 Å². The zero-order chi connectivity index (χ0) is 24.2. The highest BCUT2D eigenvalue weighted by Gasteiger charge is 2.18. The minimum Gasteiger partial charge on any atom is -0.0651 e. The molecule has 0 bridgehead atoms. The average Bonchev–Trinajstić information content (AvgIpc) is 2.79. The molecule has 1 unspecified atom stereocenters. The van der Waals surface area contributed by atoms with Gasteiger partial charge in [0.1, 0.15) is 0 Å². The van der Waals surface area contributed by atoms with Gasteiger partial charge in [0.2, 0.25) is 0 Å². The van der Waals surface area contributed by atoms with Gasteiger partial charge in [-0.05, 0) is 95.4 Å². The van der Waals surface area contributed by atoms with E-state index in [9.17, 15) is 0 Å². The topological polar surface area (TPSA) is 0 Å². The van der Waals surface area contributed by atoms with Gasteiger partial charge < -0.3 is 0 Å². The Bertz CT molecular complexity index is 842. The maximum Gasteiger partial charge on any atom is -0.0147 e. The molecule has 2 rings (SSSR count). The second-order valence-corrected chi connectivity index (χ2v) is 10.3. The maximum absolute atomic E-state index is 2.61. The number of hydrogen-bond donors (Lipinski definition) is 0. The van der Waals surface area contributed by atoms with Gasteiger partial charge in [0, 0.05) is 0 Å². The van der Waals surface area contributed by atoms with E-state index in [0.717, 1.165) is 0 Å². The Hall–Kier alpha value is -1.56. The third-order valence-corrected chi connectivity index (χ3v) is 7.16. The lowest BCUT2D eigenvalue weighted by molar-refractivity contribution is 0.720. The molecule has 0 saturated heterocycles. The van der Waals surface area contributed by atoms with Gasteiger partial charge in [-0.2, -0.15) is 0 Å². The van der Waals surface area contributed by atoms with Crippen LogP contribution in [0.4, 0.5) is 0 Å². The molecule has 33 heavy (non-hydrogen) atoms. The zero-order valence-corrected chi connectivity index (χ0v) is 23.1. The van der Waals surface area contributed by atoms with E-state index in [-0.39, 0.29) is 0 Å². The van der Waals surface area contributed by atoms with Crippen LogP contribution in [0.3, 0.4) is 0 Å². The summed E-state index contributed by atoms with van der Waals surface area (Å²) in [7, 11) is 0. The molecule has 0 saturated carbocycles. The summed E-state index contributed by atoms with van der Waals surface area (Å²) in [6.07, 6.45) is 15.9. The summed E-state index contributed by atoms with van der Waals surface area (Å²) < 4.78 is 0. The molecule has 0 heterocycles. The van der Waals surface area contributed by atoms with E-state index in [1.807, 2.05) is 0 Å². The first-order valence-electron chi connectivity index (χ1n) is 14.3. The molecule has 2 aromatic carbocycles. The lowest BCUT2D eigenvalue weighted by Gasteiger charge is -2.23. The highest BCUT2D eigenvalue weighted by atomic mass is 14.2. The fourth-order valence-electron chi connectivity index (χ4n) is 5.64. The Morgan fingerprint density at radius 1 is 0.424 bits per heavy atom. The molecule has 0 fully saturated rings. The first-order chi connectivity index (χ1) is 16.0. The summed E-state index contributed by atoms with van der Waals surface area (Å²) in [6, 6.07) is 10.4. The second kappa shape index (κ2) is 14.6. The largest absolute Gasteiger partial charge is 0.0651 e. The maximum atomic E-state index is 2.61. The van der Waals surface area contributed by atoms with Gasteiger partial charge in [-0.1, -0.05) is 111 Å². The van der Waals surface area contributed by atoms with E-state index in [2.05, 4.69) is 72.7 Å². The number of hydrogen-bond acceptors (Lipinski definition) is 0. The number of benzene rings is 2. The molecule has 0 N–H and O–H groups in total. The molecule has 0 aliphatic carbocycles. The minimum absolute atomic E-state index is 0.569. The lowest BCUT2D eigenvalue weighted by atomic mass is 9.82. The van der Waals surface area contributed by atoms with Crippen molar-refractivity contribution >= 4 is 0 Å². The molecule has 2 aromatic rings. The molecule has 0 aliphatic heterocycles. The Kier molecular flexibility index (Phi) is 12.3. The van der Waals surface area contributed by atoms with Gasteiger partial charge in [-0.3, -0.25) is 0 Å². The van der Waals surface area contributed by atoms with Crippen LogP contribution in [-0.2, 0) is 44.9 Å². The fourth-order valence-corrected chi connectivity index (χ4v) is 5.64. The molecule has 0 nitrogen and oxygen atoms in total. The molecule has 1 atom stereocenters. The van der Waals surface area contributed by atoms with Crippen molar-refractivity contribution < 1.29 is 0 Å². The van der Waals surface area contributed by atoms with Crippen LogP contribution in [0.25, 0.3) is 0 Å². The second-order valence-electron chi connectivity index (χ2n) is 10.3. The molecule has 0 radical (unpaired) electrons. The Morgan fingerprint density at radius 2 is 0.727 bits per heavy atom. The molecule has 0 spiro atoms. The lowest BCUT2D eigenvalue weighted by Crippen LogP contribution is -2.09. The summed E-state index contributed by atoms with van der Waals surface area (Å²) in [5, 5.41) is 0. The monoisotopic (exact) mass is 448 g/mol. The van der Waals surface area contributed by atoms with E-state index in [0.29, 0.717) is 5.92 Å².